The fourth-order valence-corrected chi connectivity index (χ4v) is 5.85. The second-order valence-electron chi connectivity index (χ2n) is 11.2. The number of carbonyl (C=O) groups is 2. The molecule has 2 saturated carbocycles. The van der Waals surface area contributed by atoms with Crippen LogP contribution < -0.4 is 0 Å². The Morgan fingerprint density at radius 2 is 1.48 bits per heavy atom. The van der Waals surface area contributed by atoms with E-state index in [4.69, 9.17) is 9.47 Å². The Morgan fingerprint density at radius 3 is 2.00 bits per heavy atom. The first-order chi connectivity index (χ1) is 13.3. The molecule has 0 aliphatic heterocycles. The Labute approximate surface area is 177 Å². The van der Waals surface area contributed by atoms with Crippen LogP contribution in [0.5, 0.6) is 0 Å². The van der Waals surface area contributed by atoms with Crippen LogP contribution in [-0.2, 0) is 19.1 Å². The van der Waals surface area contributed by atoms with E-state index < -0.39 is 5.97 Å². The highest BCUT2D eigenvalue weighted by atomic mass is 16.6. The lowest BCUT2D eigenvalue weighted by molar-refractivity contribution is -0.149. The Kier molecular flexibility index (Phi) is 7.40. The van der Waals surface area contributed by atoms with Gasteiger partial charge >= 0.3 is 11.9 Å². The molecular weight excluding hydrogens is 364 g/mol. The molecule has 0 saturated heterocycles. The number of esters is 2. The molecule has 0 aromatic heterocycles. The third kappa shape index (κ3) is 6.72. The normalized spacial score (nSPS) is 32.0. The van der Waals surface area contributed by atoms with Crippen molar-refractivity contribution < 1.29 is 19.1 Å². The predicted molar refractivity (Wildman–Crippen MR) is 116 cm³/mol. The van der Waals surface area contributed by atoms with E-state index in [-0.39, 0.29) is 28.8 Å². The molecule has 0 amide bonds. The smallest absolute Gasteiger partial charge is 0.337 e. The highest BCUT2D eigenvalue weighted by molar-refractivity contribution is 5.90. The zero-order valence-electron chi connectivity index (χ0n) is 19.5. The van der Waals surface area contributed by atoms with E-state index in [1.165, 1.54) is 0 Å². The summed E-state index contributed by atoms with van der Waals surface area (Å²) in [5.41, 5.74) is 0.730. The summed E-state index contributed by atoms with van der Waals surface area (Å²) in [6.45, 7) is 18.6. The molecule has 0 bridgehead atoms. The summed E-state index contributed by atoms with van der Waals surface area (Å²) in [4.78, 5) is 25.1. The first-order valence-electron chi connectivity index (χ1n) is 11.1. The average molecular weight is 405 g/mol. The number of rotatable bonds is 5. The maximum Gasteiger partial charge on any atom is 0.337 e. The maximum absolute atomic E-state index is 13.0. The van der Waals surface area contributed by atoms with E-state index in [1.807, 2.05) is 0 Å². The summed E-state index contributed by atoms with van der Waals surface area (Å²) in [5, 5.41) is 0. The van der Waals surface area contributed by atoms with E-state index in [2.05, 4.69) is 48.1 Å². The largest absolute Gasteiger partial charge is 0.459 e. The highest BCUT2D eigenvalue weighted by Gasteiger charge is 2.38. The van der Waals surface area contributed by atoms with Crippen LogP contribution in [0.1, 0.15) is 87.0 Å². The fourth-order valence-electron chi connectivity index (χ4n) is 5.85. The van der Waals surface area contributed by atoms with Gasteiger partial charge in [0.1, 0.15) is 11.9 Å². The van der Waals surface area contributed by atoms with E-state index in [0.717, 1.165) is 44.6 Å². The average Bonchev–Trinajstić information content (AvgIpc) is 2.54. The second kappa shape index (κ2) is 9.06. The molecule has 0 spiro atoms. The Bertz CT molecular complexity index is 670. The molecule has 2 fully saturated rings. The van der Waals surface area contributed by atoms with Crippen LogP contribution in [0, 0.1) is 28.6 Å². The van der Waals surface area contributed by atoms with Gasteiger partial charge in [0.2, 0.25) is 0 Å². The lowest BCUT2D eigenvalue weighted by Crippen LogP contribution is -2.35. The van der Waals surface area contributed by atoms with Crippen LogP contribution in [-0.4, -0.2) is 18.0 Å². The lowest BCUT2D eigenvalue weighted by atomic mass is 9.67. The van der Waals surface area contributed by atoms with Gasteiger partial charge in [-0.2, -0.15) is 0 Å². The van der Waals surface area contributed by atoms with Gasteiger partial charge in [-0.25, -0.2) is 9.59 Å². The van der Waals surface area contributed by atoms with E-state index >= 15 is 0 Å². The molecule has 0 N–H and O–H groups in total. The molecule has 0 heterocycles. The third-order valence-corrected chi connectivity index (χ3v) is 6.43. The zero-order chi connectivity index (χ0) is 22.0. The van der Waals surface area contributed by atoms with Gasteiger partial charge < -0.3 is 9.47 Å². The van der Waals surface area contributed by atoms with Crippen molar-refractivity contribution in [2.24, 2.45) is 28.6 Å². The molecule has 2 aliphatic rings. The third-order valence-electron chi connectivity index (χ3n) is 6.43. The van der Waals surface area contributed by atoms with Gasteiger partial charge in [0.05, 0.1) is 5.57 Å². The number of ether oxygens (including phenoxy) is 2. The number of allylic oxidation sites excluding steroid dienone is 1. The highest BCUT2D eigenvalue weighted by Crippen LogP contribution is 2.45. The Morgan fingerprint density at radius 1 is 0.931 bits per heavy atom. The van der Waals surface area contributed by atoms with Gasteiger partial charge in [0.15, 0.2) is 0 Å². The van der Waals surface area contributed by atoms with Gasteiger partial charge in [-0.15, -0.1) is 0 Å². The van der Waals surface area contributed by atoms with E-state index in [0.29, 0.717) is 23.2 Å². The standard InChI is InChI=1S/C25H40O4/c1-9-21(26)29-22(19-10-16(2)12-24(5,6)14-19)18(4)23(27)28-20-11-17(3)13-25(7,8)15-20/h9,16-17,19-20H,1,10-15H2,2-8H3. The van der Waals surface area contributed by atoms with Gasteiger partial charge in [-0.05, 0) is 68.1 Å². The summed E-state index contributed by atoms with van der Waals surface area (Å²) in [6.07, 6.45) is 6.88. The molecule has 0 aromatic carbocycles. The van der Waals surface area contributed by atoms with Crippen LogP contribution in [0.4, 0.5) is 0 Å². The molecule has 2 rings (SSSR count). The van der Waals surface area contributed by atoms with Crippen molar-refractivity contribution in [1.82, 2.24) is 0 Å². The Balaban J connectivity index is 2.25. The molecule has 164 valence electrons. The summed E-state index contributed by atoms with van der Waals surface area (Å²) in [6, 6.07) is 0. The van der Waals surface area contributed by atoms with Crippen LogP contribution in [0.2, 0.25) is 0 Å². The van der Waals surface area contributed by atoms with Crippen molar-refractivity contribution >= 4 is 11.9 Å². The minimum atomic E-state index is -0.518. The minimum Gasteiger partial charge on any atom is -0.459 e. The van der Waals surface area contributed by atoms with E-state index in [1.54, 1.807) is 6.92 Å². The number of hydrogen-bond acceptors (Lipinski definition) is 4. The number of hydrogen-bond donors (Lipinski definition) is 0. The van der Waals surface area contributed by atoms with Gasteiger partial charge in [-0.3, -0.25) is 0 Å². The molecule has 0 radical (unpaired) electrons. The van der Waals surface area contributed by atoms with Crippen LogP contribution >= 0.6 is 0 Å². The zero-order valence-corrected chi connectivity index (χ0v) is 19.5. The SMILES string of the molecule is C=CC(=O)OC(=C(C)C(=O)OC1CC(C)CC(C)(C)C1)C1CC(C)CC(C)(C)C1. The van der Waals surface area contributed by atoms with Crippen molar-refractivity contribution in [2.45, 2.75) is 93.1 Å². The second-order valence-corrected chi connectivity index (χ2v) is 11.2. The Hall–Kier alpha value is -1.58. The van der Waals surface area contributed by atoms with Crippen molar-refractivity contribution in [3.8, 4) is 0 Å². The summed E-state index contributed by atoms with van der Waals surface area (Å²) in [7, 11) is 0. The maximum atomic E-state index is 13.0. The van der Waals surface area contributed by atoms with Crippen molar-refractivity contribution in [1.29, 1.82) is 0 Å². The van der Waals surface area contributed by atoms with Gasteiger partial charge in [0.25, 0.3) is 0 Å². The van der Waals surface area contributed by atoms with Crippen molar-refractivity contribution in [2.75, 3.05) is 0 Å². The van der Waals surface area contributed by atoms with E-state index in [9.17, 15) is 9.59 Å². The van der Waals surface area contributed by atoms with Crippen molar-refractivity contribution in [3.05, 3.63) is 24.0 Å². The van der Waals surface area contributed by atoms with Crippen molar-refractivity contribution in [3.63, 3.8) is 0 Å². The predicted octanol–water partition coefficient (Wildman–Crippen LogP) is 6.21. The minimum absolute atomic E-state index is 0.0342. The molecule has 4 unspecified atom stereocenters. The summed E-state index contributed by atoms with van der Waals surface area (Å²) in [5.74, 6) is 0.664. The summed E-state index contributed by atoms with van der Waals surface area (Å²) >= 11 is 0. The first kappa shape index (κ1) is 23.7. The molecule has 4 heteroatoms. The first-order valence-corrected chi connectivity index (χ1v) is 11.1. The number of carbonyl (C=O) groups excluding carboxylic acids is 2. The molecule has 4 atom stereocenters. The molecular formula is C25H40O4. The molecule has 29 heavy (non-hydrogen) atoms. The summed E-state index contributed by atoms with van der Waals surface area (Å²) < 4.78 is 11.5. The van der Waals surface area contributed by atoms with Gasteiger partial charge in [0, 0.05) is 12.0 Å². The monoisotopic (exact) mass is 404 g/mol. The molecule has 4 nitrogen and oxygen atoms in total. The van der Waals surface area contributed by atoms with Gasteiger partial charge in [-0.1, -0.05) is 48.1 Å². The van der Waals surface area contributed by atoms with Crippen LogP contribution in [0.15, 0.2) is 24.0 Å². The molecule has 0 aromatic rings. The quantitative estimate of drug-likeness (QED) is 0.310. The van der Waals surface area contributed by atoms with Crippen LogP contribution in [0.3, 0.4) is 0 Å². The fraction of sp³-hybridized carbons (Fsp3) is 0.760. The lowest BCUT2D eigenvalue weighted by Gasteiger charge is -2.40. The molecule has 2 aliphatic carbocycles. The topological polar surface area (TPSA) is 52.6 Å². The van der Waals surface area contributed by atoms with Crippen LogP contribution in [0.25, 0.3) is 0 Å².